The molecule has 1 aromatic heterocycles. The smallest absolute Gasteiger partial charge is 0.416 e. The predicted molar refractivity (Wildman–Crippen MR) is 99.7 cm³/mol. The first kappa shape index (κ1) is 19.5. The lowest BCUT2D eigenvalue weighted by Crippen LogP contribution is -2.50. The van der Waals surface area contributed by atoms with E-state index in [4.69, 9.17) is 4.74 Å². The minimum Gasteiger partial charge on any atom is -0.484 e. The van der Waals surface area contributed by atoms with Gasteiger partial charge in [-0.3, -0.25) is 4.79 Å². The van der Waals surface area contributed by atoms with E-state index >= 15 is 0 Å². The van der Waals surface area contributed by atoms with E-state index in [-0.39, 0.29) is 18.3 Å². The molecule has 0 spiro atoms. The number of anilines is 1. The summed E-state index contributed by atoms with van der Waals surface area (Å²) in [7, 11) is 0. The molecule has 2 heterocycles. The lowest BCUT2D eigenvalue weighted by atomic mass is 10.2. The van der Waals surface area contributed by atoms with Crippen molar-refractivity contribution in [1.82, 2.24) is 15.1 Å². The topological polar surface area (TPSA) is 58.6 Å². The number of piperazine rings is 1. The van der Waals surface area contributed by atoms with Crippen LogP contribution in [-0.2, 0) is 11.0 Å². The highest BCUT2D eigenvalue weighted by Gasteiger charge is 2.31. The number of carbonyl (C=O) groups is 1. The molecule has 2 aromatic rings. The predicted octanol–water partition coefficient (Wildman–Crippen LogP) is 3.10. The molecule has 1 saturated heterocycles. The number of carbonyl (C=O) groups excluding carboxylic acids is 1. The second-order valence-corrected chi connectivity index (χ2v) is 7.27. The van der Waals surface area contributed by atoms with Crippen molar-refractivity contribution < 1.29 is 22.7 Å². The zero-order valence-corrected chi connectivity index (χ0v) is 15.7. The van der Waals surface area contributed by atoms with Gasteiger partial charge in [-0.2, -0.15) is 18.3 Å². The Morgan fingerprint density at radius 3 is 2.45 bits per heavy atom. The van der Waals surface area contributed by atoms with Gasteiger partial charge in [-0.1, -0.05) is 6.07 Å². The lowest BCUT2D eigenvalue weighted by Gasteiger charge is -2.35. The van der Waals surface area contributed by atoms with Crippen molar-refractivity contribution in [2.75, 3.05) is 37.7 Å². The maximum absolute atomic E-state index is 12.8. The van der Waals surface area contributed by atoms with E-state index in [0.29, 0.717) is 32.1 Å². The highest BCUT2D eigenvalue weighted by atomic mass is 19.4. The molecule has 0 bridgehead atoms. The largest absolute Gasteiger partial charge is 0.484 e. The summed E-state index contributed by atoms with van der Waals surface area (Å²) in [5, 5.41) is 8.58. The summed E-state index contributed by atoms with van der Waals surface area (Å²) >= 11 is 0. The van der Waals surface area contributed by atoms with E-state index in [9.17, 15) is 18.0 Å². The first-order valence-electron chi connectivity index (χ1n) is 9.56. The van der Waals surface area contributed by atoms with Gasteiger partial charge in [0.15, 0.2) is 12.4 Å². The summed E-state index contributed by atoms with van der Waals surface area (Å²) in [5.41, 5.74) is 0.235. The van der Waals surface area contributed by atoms with Crippen LogP contribution in [0.1, 0.15) is 30.0 Å². The van der Waals surface area contributed by atoms with Crippen LogP contribution >= 0.6 is 0 Å². The Morgan fingerprint density at radius 1 is 1.07 bits per heavy atom. The number of rotatable bonds is 5. The quantitative estimate of drug-likeness (QED) is 0.764. The van der Waals surface area contributed by atoms with Gasteiger partial charge in [-0.15, -0.1) is 5.10 Å². The lowest BCUT2D eigenvalue weighted by molar-refractivity contribution is -0.137. The average Bonchev–Trinajstić information content (AvgIpc) is 3.57. The molecular weight excluding hydrogens is 385 g/mol. The van der Waals surface area contributed by atoms with Crippen LogP contribution < -0.4 is 9.64 Å². The summed E-state index contributed by atoms with van der Waals surface area (Å²) in [5.74, 6) is 1.12. The molecule has 9 heteroatoms. The van der Waals surface area contributed by atoms with Crippen LogP contribution in [0.2, 0.25) is 0 Å². The van der Waals surface area contributed by atoms with Crippen LogP contribution in [0, 0.1) is 0 Å². The number of hydrogen-bond donors (Lipinski definition) is 0. The number of hydrogen-bond acceptors (Lipinski definition) is 5. The summed E-state index contributed by atoms with van der Waals surface area (Å²) < 4.78 is 43.5. The van der Waals surface area contributed by atoms with Gasteiger partial charge in [0.1, 0.15) is 5.75 Å². The van der Waals surface area contributed by atoms with Crippen LogP contribution in [0.25, 0.3) is 0 Å². The Morgan fingerprint density at radius 2 is 1.83 bits per heavy atom. The van der Waals surface area contributed by atoms with E-state index in [1.807, 2.05) is 12.1 Å². The Hall–Kier alpha value is -2.84. The molecule has 0 radical (unpaired) electrons. The van der Waals surface area contributed by atoms with Gasteiger partial charge in [0, 0.05) is 32.1 Å². The van der Waals surface area contributed by atoms with Crippen LogP contribution in [0.4, 0.5) is 19.0 Å². The fourth-order valence-corrected chi connectivity index (χ4v) is 3.28. The van der Waals surface area contributed by atoms with Gasteiger partial charge < -0.3 is 14.5 Å². The van der Waals surface area contributed by atoms with E-state index in [1.54, 1.807) is 4.90 Å². The van der Waals surface area contributed by atoms with E-state index in [0.717, 1.165) is 23.6 Å². The molecule has 1 aliphatic carbocycles. The molecule has 1 aliphatic heterocycles. The maximum Gasteiger partial charge on any atom is 0.416 e. The molecule has 6 nitrogen and oxygen atoms in total. The Balaban J connectivity index is 1.27. The first-order chi connectivity index (χ1) is 13.9. The van der Waals surface area contributed by atoms with Crippen LogP contribution in [0.15, 0.2) is 36.4 Å². The number of halogens is 3. The van der Waals surface area contributed by atoms with Gasteiger partial charge in [0.25, 0.3) is 5.91 Å². The summed E-state index contributed by atoms with van der Waals surface area (Å²) in [6.07, 6.45) is -2.09. The molecule has 2 aliphatic rings. The van der Waals surface area contributed by atoms with E-state index < -0.39 is 11.7 Å². The van der Waals surface area contributed by atoms with Gasteiger partial charge in [-0.25, -0.2) is 0 Å². The zero-order valence-electron chi connectivity index (χ0n) is 15.7. The Bertz CT molecular complexity index is 861. The van der Waals surface area contributed by atoms with Crippen molar-refractivity contribution in [1.29, 1.82) is 0 Å². The number of aromatic nitrogens is 2. The molecule has 0 N–H and O–H groups in total. The molecule has 0 atom stereocenters. The van der Waals surface area contributed by atoms with Crippen LogP contribution in [0.5, 0.6) is 5.75 Å². The number of amides is 1. The normalized spacial score (nSPS) is 17.3. The second-order valence-electron chi connectivity index (χ2n) is 7.27. The number of benzene rings is 1. The van der Waals surface area contributed by atoms with Crippen molar-refractivity contribution in [3.05, 3.63) is 47.7 Å². The van der Waals surface area contributed by atoms with E-state index in [2.05, 4.69) is 15.1 Å². The summed E-state index contributed by atoms with van der Waals surface area (Å²) in [6, 6.07) is 8.51. The molecule has 0 unspecified atom stereocenters. The number of ether oxygens (including phenoxy) is 1. The zero-order chi connectivity index (χ0) is 20.4. The van der Waals surface area contributed by atoms with E-state index in [1.165, 1.54) is 25.0 Å². The number of nitrogens with zero attached hydrogens (tertiary/aromatic N) is 4. The van der Waals surface area contributed by atoms with Gasteiger partial charge in [-0.05, 0) is 43.2 Å². The van der Waals surface area contributed by atoms with Gasteiger partial charge in [0.2, 0.25) is 0 Å². The molecule has 4 rings (SSSR count). The fourth-order valence-electron chi connectivity index (χ4n) is 3.28. The van der Waals surface area contributed by atoms with Crippen molar-refractivity contribution in [3.63, 3.8) is 0 Å². The van der Waals surface area contributed by atoms with Crippen molar-refractivity contribution in [2.45, 2.75) is 24.9 Å². The van der Waals surface area contributed by atoms with Crippen molar-refractivity contribution >= 4 is 11.7 Å². The average molecular weight is 406 g/mol. The minimum atomic E-state index is -4.44. The van der Waals surface area contributed by atoms with Crippen LogP contribution in [-0.4, -0.2) is 53.8 Å². The van der Waals surface area contributed by atoms with Crippen molar-refractivity contribution in [3.8, 4) is 5.75 Å². The Labute approximate surface area is 166 Å². The standard InChI is InChI=1S/C20H21F3N4O2/c21-20(22,23)15-2-1-3-16(12-15)29-13-19(28)27-10-8-26(9-11-27)18-7-6-17(24-25-18)14-4-5-14/h1-3,6-7,12,14H,4-5,8-11,13H2. The molecule has 29 heavy (non-hydrogen) atoms. The molecule has 2 fully saturated rings. The molecule has 1 saturated carbocycles. The van der Waals surface area contributed by atoms with Gasteiger partial charge in [0.05, 0.1) is 11.3 Å². The van der Waals surface area contributed by atoms with Crippen molar-refractivity contribution in [2.24, 2.45) is 0 Å². The third-order valence-electron chi connectivity index (χ3n) is 5.15. The fraction of sp³-hybridized carbons (Fsp3) is 0.450. The monoisotopic (exact) mass is 406 g/mol. The Kier molecular flexibility index (Phi) is 5.29. The molecule has 154 valence electrons. The third kappa shape index (κ3) is 4.78. The first-order valence-corrected chi connectivity index (χ1v) is 9.56. The highest BCUT2D eigenvalue weighted by molar-refractivity contribution is 5.78. The van der Waals surface area contributed by atoms with Crippen LogP contribution in [0.3, 0.4) is 0 Å². The highest BCUT2D eigenvalue weighted by Crippen LogP contribution is 2.38. The summed E-state index contributed by atoms with van der Waals surface area (Å²) in [6.45, 7) is 1.93. The third-order valence-corrected chi connectivity index (χ3v) is 5.15. The SMILES string of the molecule is O=C(COc1cccc(C(F)(F)F)c1)N1CCN(c2ccc(C3CC3)nn2)CC1. The van der Waals surface area contributed by atoms with Gasteiger partial charge >= 0.3 is 6.18 Å². The minimum absolute atomic E-state index is 0.0258. The molecule has 1 aromatic carbocycles. The molecule has 1 amide bonds. The maximum atomic E-state index is 12.8. The number of alkyl halides is 3. The second kappa shape index (κ2) is 7.88. The molecular formula is C20H21F3N4O2. The summed E-state index contributed by atoms with van der Waals surface area (Å²) in [4.78, 5) is 16.1.